The van der Waals surface area contributed by atoms with Crippen LogP contribution in [0.1, 0.15) is 44.5 Å². The van der Waals surface area contributed by atoms with Crippen LogP contribution in [-0.2, 0) is 5.41 Å². The van der Waals surface area contributed by atoms with E-state index in [0.717, 1.165) is 22.7 Å². The number of para-hydroxylation sites is 2. The number of aryl methyl sites for hydroxylation is 4. The van der Waals surface area contributed by atoms with E-state index in [1.165, 1.54) is 99.3 Å². The first-order valence-corrected chi connectivity index (χ1v) is 23.4. The summed E-state index contributed by atoms with van der Waals surface area (Å²) in [6, 6.07) is 86.0. The molecule has 0 radical (unpaired) electrons. The first kappa shape index (κ1) is 40.3. The van der Waals surface area contributed by atoms with Crippen molar-refractivity contribution in [1.82, 2.24) is 0 Å². The summed E-state index contributed by atoms with van der Waals surface area (Å²) in [7, 11) is 0. The second kappa shape index (κ2) is 16.0. The minimum absolute atomic E-state index is 0.638. The van der Waals surface area contributed by atoms with Gasteiger partial charge in [0.15, 0.2) is 0 Å². The predicted octanol–water partition coefficient (Wildman–Crippen LogP) is 17.7. The summed E-state index contributed by atoms with van der Waals surface area (Å²) in [4.78, 5) is 4.83. The summed E-state index contributed by atoms with van der Waals surface area (Å²) in [5.41, 5.74) is 18.9. The first-order valence-electron chi connectivity index (χ1n) is 23.4. The van der Waals surface area contributed by atoms with E-state index >= 15 is 0 Å². The van der Waals surface area contributed by atoms with Gasteiger partial charge in [0.1, 0.15) is 0 Å². The molecule has 0 aliphatic heterocycles. The third-order valence-electron chi connectivity index (χ3n) is 14.2. The van der Waals surface area contributed by atoms with Crippen LogP contribution >= 0.6 is 0 Å². The molecule has 0 N–H and O–H groups in total. The Bertz CT molecular complexity index is 3630. The molecule has 1 aliphatic carbocycles. The van der Waals surface area contributed by atoms with Crippen LogP contribution in [0.25, 0.3) is 43.4 Å². The van der Waals surface area contributed by atoms with E-state index in [1.54, 1.807) is 0 Å². The van der Waals surface area contributed by atoms with E-state index in [1.807, 2.05) is 0 Å². The molecule has 2 heteroatoms. The number of benzene rings is 11. The lowest BCUT2D eigenvalue weighted by Crippen LogP contribution is -2.29. The van der Waals surface area contributed by atoms with Crippen molar-refractivity contribution in [3.05, 3.63) is 275 Å². The zero-order valence-corrected chi connectivity index (χ0v) is 38.3. The van der Waals surface area contributed by atoms with Gasteiger partial charge in [0.2, 0.25) is 0 Å². The lowest BCUT2D eigenvalue weighted by molar-refractivity contribution is 0.777. The van der Waals surface area contributed by atoms with Gasteiger partial charge in [0.05, 0.1) is 5.41 Å². The maximum absolute atomic E-state index is 2.52. The SMILES string of the molecule is Cc1ccc(N(c2ccccc2)c2ccc3cc4c(cc3c2)C(c2ccccc2)(c2ccccc2)c2c-4c3ccccc3c3cc(N(c4ccccc4)c4ccc(C)cc4C)ccc23)c(C)c1. The van der Waals surface area contributed by atoms with Gasteiger partial charge in [-0.15, -0.1) is 0 Å². The van der Waals surface area contributed by atoms with E-state index in [-0.39, 0.29) is 0 Å². The molecule has 0 spiro atoms. The average Bonchev–Trinajstić information content (AvgIpc) is 3.67. The highest BCUT2D eigenvalue weighted by Crippen LogP contribution is 2.61. The zero-order chi connectivity index (χ0) is 45.2. The van der Waals surface area contributed by atoms with Crippen molar-refractivity contribution in [1.29, 1.82) is 0 Å². The number of fused-ring (bicyclic) bond motifs is 9. The van der Waals surface area contributed by atoms with Gasteiger partial charge < -0.3 is 9.80 Å². The molecule has 0 saturated carbocycles. The minimum atomic E-state index is -0.638. The Hall–Kier alpha value is -8.20. The third kappa shape index (κ3) is 6.47. The van der Waals surface area contributed by atoms with Crippen LogP contribution in [0.2, 0.25) is 0 Å². The Balaban J connectivity index is 1.17. The van der Waals surface area contributed by atoms with Crippen molar-refractivity contribution in [3.63, 3.8) is 0 Å². The number of anilines is 6. The molecule has 11 aromatic carbocycles. The number of nitrogens with zero attached hydrogens (tertiary/aromatic N) is 2. The minimum Gasteiger partial charge on any atom is -0.310 e. The highest BCUT2D eigenvalue weighted by atomic mass is 15.1. The molecule has 320 valence electrons. The molecule has 0 aromatic heterocycles. The van der Waals surface area contributed by atoms with E-state index in [9.17, 15) is 0 Å². The van der Waals surface area contributed by atoms with E-state index in [4.69, 9.17) is 0 Å². The monoisotopic (exact) mass is 858 g/mol. The fourth-order valence-corrected chi connectivity index (χ4v) is 11.3. The predicted molar refractivity (Wildman–Crippen MR) is 285 cm³/mol. The summed E-state index contributed by atoms with van der Waals surface area (Å²) >= 11 is 0. The molecule has 0 unspecified atom stereocenters. The highest BCUT2D eigenvalue weighted by Gasteiger charge is 2.48. The molecule has 67 heavy (non-hydrogen) atoms. The molecule has 12 rings (SSSR count). The van der Waals surface area contributed by atoms with Gasteiger partial charge in [-0.2, -0.15) is 0 Å². The number of hydrogen-bond acceptors (Lipinski definition) is 2. The molecule has 0 amide bonds. The van der Waals surface area contributed by atoms with Crippen LogP contribution in [0.3, 0.4) is 0 Å². The fraction of sp³-hybridized carbons (Fsp3) is 0.0769. The van der Waals surface area contributed by atoms with Crippen LogP contribution in [0.5, 0.6) is 0 Å². The van der Waals surface area contributed by atoms with Crippen LogP contribution in [0, 0.1) is 27.7 Å². The quantitative estimate of drug-likeness (QED) is 0.141. The number of rotatable bonds is 8. The zero-order valence-electron chi connectivity index (χ0n) is 38.3. The normalized spacial score (nSPS) is 12.6. The molecule has 1 aliphatic rings. The number of hydrogen-bond donors (Lipinski definition) is 0. The van der Waals surface area contributed by atoms with Gasteiger partial charge >= 0.3 is 0 Å². The van der Waals surface area contributed by atoms with Gasteiger partial charge in [-0.25, -0.2) is 0 Å². The largest absolute Gasteiger partial charge is 0.310 e. The third-order valence-corrected chi connectivity index (χ3v) is 14.2. The van der Waals surface area contributed by atoms with Crippen molar-refractivity contribution < 1.29 is 0 Å². The van der Waals surface area contributed by atoms with Crippen LogP contribution in [0.15, 0.2) is 231 Å². The van der Waals surface area contributed by atoms with Gasteiger partial charge in [-0.05, 0) is 177 Å². The van der Waals surface area contributed by atoms with E-state index in [2.05, 4.69) is 268 Å². The summed E-state index contributed by atoms with van der Waals surface area (Å²) in [6.45, 7) is 8.78. The maximum atomic E-state index is 2.52. The first-order chi connectivity index (χ1) is 32.9. The molecule has 0 atom stereocenters. The second-order valence-corrected chi connectivity index (χ2v) is 18.4. The summed E-state index contributed by atoms with van der Waals surface area (Å²) in [5, 5.41) is 7.41. The lowest BCUT2D eigenvalue weighted by atomic mass is 9.66. The molecule has 2 nitrogen and oxygen atoms in total. The van der Waals surface area contributed by atoms with E-state index < -0.39 is 5.41 Å². The van der Waals surface area contributed by atoms with Gasteiger partial charge in [0.25, 0.3) is 0 Å². The molecular weight excluding hydrogens is 809 g/mol. The highest BCUT2D eigenvalue weighted by molar-refractivity contribution is 6.20. The topological polar surface area (TPSA) is 6.48 Å². The Kier molecular flexibility index (Phi) is 9.66. The Labute approximate surface area is 393 Å². The van der Waals surface area contributed by atoms with Crippen LogP contribution < -0.4 is 9.80 Å². The summed E-state index contributed by atoms with van der Waals surface area (Å²) in [5.74, 6) is 0. The second-order valence-electron chi connectivity index (χ2n) is 18.4. The molecule has 0 bridgehead atoms. The van der Waals surface area contributed by atoms with E-state index in [0.29, 0.717) is 0 Å². The Morgan fingerprint density at radius 3 is 1.37 bits per heavy atom. The summed E-state index contributed by atoms with van der Waals surface area (Å²) in [6.07, 6.45) is 0. The maximum Gasteiger partial charge on any atom is 0.0720 e. The van der Waals surface area contributed by atoms with Gasteiger partial charge in [-0.3, -0.25) is 0 Å². The smallest absolute Gasteiger partial charge is 0.0720 e. The molecular formula is C65H50N2. The van der Waals surface area contributed by atoms with Crippen molar-refractivity contribution in [2.24, 2.45) is 0 Å². The molecule has 11 aromatic rings. The van der Waals surface area contributed by atoms with Gasteiger partial charge in [-0.1, -0.05) is 169 Å². The standard InChI is InChI=1S/C65H50N2/c1-43-29-35-61(45(3)37-43)66(51-23-13-7-14-24-51)53-32-31-47-40-59-60(41-48(47)39-53)65(49-19-9-5-10-20-49,50-21-11-6-12-22-50)64-57-34-33-54(42-58(57)55-27-17-18-28-56(55)63(59)64)67(52-25-15-8-16-26-52)62-36-30-44(2)38-46(62)4/h5-42H,1-4H3. The Morgan fingerprint density at radius 1 is 0.328 bits per heavy atom. The van der Waals surface area contributed by atoms with Crippen molar-refractivity contribution in [3.8, 4) is 11.1 Å². The molecule has 0 heterocycles. The van der Waals surface area contributed by atoms with Crippen molar-refractivity contribution in [2.45, 2.75) is 33.1 Å². The van der Waals surface area contributed by atoms with Gasteiger partial charge in [0, 0.05) is 34.1 Å². The molecule has 0 saturated heterocycles. The van der Waals surface area contributed by atoms with Crippen molar-refractivity contribution >= 4 is 66.4 Å². The average molecular weight is 859 g/mol. The fourth-order valence-electron chi connectivity index (χ4n) is 11.3. The lowest BCUT2D eigenvalue weighted by Gasteiger charge is -2.35. The van der Waals surface area contributed by atoms with Crippen molar-refractivity contribution in [2.75, 3.05) is 9.80 Å². The molecule has 0 fully saturated rings. The van der Waals surface area contributed by atoms with Crippen LogP contribution in [-0.4, -0.2) is 0 Å². The van der Waals surface area contributed by atoms with Crippen LogP contribution in [0.4, 0.5) is 34.1 Å². The summed E-state index contributed by atoms with van der Waals surface area (Å²) < 4.78 is 0. The Morgan fingerprint density at radius 2 is 0.821 bits per heavy atom.